The normalized spacial score (nSPS) is 16.7. The SMILES string of the molecule is Cc1nc(CCNC(=O)c2cnc3c(c2)ncn3C2CCOCC2)nc2c1CCC2. The zero-order valence-electron chi connectivity index (χ0n) is 17.2. The van der Waals surface area contributed by atoms with Gasteiger partial charge < -0.3 is 14.6 Å². The number of ether oxygens (including phenoxy) is 1. The zero-order chi connectivity index (χ0) is 20.5. The maximum absolute atomic E-state index is 12.6. The van der Waals surface area contributed by atoms with E-state index in [1.54, 1.807) is 6.20 Å². The largest absolute Gasteiger partial charge is 0.381 e. The van der Waals surface area contributed by atoms with Gasteiger partial charge in [0.1, 0.15) is 11.3 Å². The van der Waals surface area contributed by atoms with Crippen LogP contribution in [0.25, 0.3) is 11.2 Å². The van der Waals surface area contributed by atoms with Crippen LogP contribution >= 0.6 is 0 Å². The number of amides is 1. The number of pyridine rings is 1. The average molecular weight is 406 g/mol. The molecule has 5 rings (SSSR count). The molecule has 1 saturated heterocycles. The maximum Gasteiger partial charge on any atom is 0.252 e. The van der Waals surface area contributed by atoms with Crippen molar-refractivity contribution in [1.82, 2.24) is 29.8 Å². The fourth-order valence-corrected chi connectivity index (χ4v) is 4.46. The second-order valence-corrected chi connectivity index (χ2v) is 8.07. The molecule has 0 spiro atoms. The van der Waals surface area contributed by atoms with Crippen molar-refractivity contribution in [3.8, 4) is 0 Å². The lowest BCUT2D eigenvalue weighted by atomic mass is 10.1. The highest BCUT2D eigenvalue weighted by atomic mass is 16.5. The lowest BCUT2D eigenvalue weighted by molar-refractivity contribution is 0.0704. The summed E-state index contributed by atoms with van der Waals surface area (Å²) in [4.78, 5) is 30.9. The van der Waals surface area contributed by atoms with Crippen LogP contribution in [-0.4, -0.2) is 50.2 Å². The summed E-state index contributed by atoms with van der Waals surface area (Å²) in [6.45, 7) is 4.07. The number of imidazole rings is 1. The Kier molecular flexibility index (Phi) is 5.16. The van der Waals surface area contributed by atoms with E-state index >= 15 is 0 Å². The molecular formula is C22H26N6O2. The molecular weight excluding hydrogens is 380 g/mol. The minimum absolute atomic E-state index is 0.150. The Morgan fingerprint density at radius 3 is 2.97 bits per heavy atom. The van der Waals surface area contributed by atoms with Gasteiger partial charge in [0.05, 0.1) is 11.9 Å². The molecule has 0 radical (unpaired) electrons. The van der Waals surface area contributed by atoms with E-state index in [2.05, 4.69) is 29.8 Å². The lowest BCUT2D eigenvalue weighted by Gasteiger charge is -2.23. The first-order valence-electron chi connectivity index (χ1n) is 10.7. The predicted octanol–water partition coefficient (Wildman–Crippen LogP) is 2.34. The van der Waals surface area contributed by atoms with Crippen molar-refractivity contribution in [2.24, 2.45) is 0 Å². The van der Waals surface area contributed by atoms with E-state index in [0.29, 0.717) is 24.6 Å². The topological polar surface area (TPSA) is 94.8 Å². The number of aromatic nitrogens is 5. The van der Waals surface area contributed by atoms with Crippen molar-refractivity contribution >= 4 is 17.1 Å². The van der Waals surface area contributed by atoms with Gasteiger partial charge in [-0.3, -0.25) is 4.79 Å². The van der Waals surface area contributed by atoms with Gasteiger partial charge in [-0.05, 0) is 50.7 Å². The van der Waals surface area contributed by atoms with Crippen molar-refractivity contribution in [3.63, 3.8) is 0 Å². The summed E-state index contributed by atoms with van der Waals surface area (Å²) >= 11 is 0. The predicted molar refractivity (Wildman–Crippen MR) is 111 cm³/mol. The van der Waals surface area contributed by atoms with Crippen LogP contribution in [0.3, 0.4) is 0 Å². The van der Waals surface area contributed by atoms with Crippen LogP contribution in [0.5, 0.6) is 0 Å². The molecule has 0 saturated carbocycles. The molecule has 1 aliphatic heterocycles. The van der Waals surface area contributed by atoms with Gasteiger partial charge in [-0.25, -0.2) is 19.9 Å². The number of carbonyl (C=O) groups excluding carboxylic acids is 1. The second-order valence-electron chi connectivity index (χ2n) is 8.07. The molecule has 3 aromatic heterocycles. The van der Waals surface area contributed by atoms with Gasteiger partial charge in [0.15, 0.2) is 5.65 Å². The molecule has 2 aliphatic rings. The Balaban J connectivity index is 1.23. The standard InChI is InChI=1S/C22H26N6O2/c1-14-17-3-2-4-18(17)27-20(26-14)5-8-23-22(29)15-11-19-21(24-12-15)28(13-25-19)16-6-9-30-10-7-16/h11-13,16H,2-10H2,1H3,(H,23,29). The van der Waals surface area contributed by atoms with Gasteiger partial charge in [0, 0.05) is 49.8 Å². The maximum atomic E-state index is 12.6. The number of fused-ring (bicyclic) bond motifs is 2. The molecule has 156 valence electrons. The Bertz CT molecular complexity index is 1090. The Hall–Kier alpha value is -2.87. The van der Waals surface area contributed by atoms with Crippen molar-refractivity contribution < 1.29 is 9.53 Å². The number of hydrogen-bond donors (Lipinski definition) is 1. The zero-order valence-corrected chi connectivity index (χ0v) is 17.2. The lowest BCUT2D eigenvalue weighted by Crippen LogP contribution is -2.26. The molecule has 0 bridgehead atoms. The summed E-state index contributed by atoms with van der Waals surface area (Å²) in [6, 6.07) is 2.16. The molecule has 0 atom stereocenters. The smallest absolute Gasteiger partial charge is 0.252 e. The summed E-state index contributed by atoms with van der Waals surface area (Å²) in [7, 11) is 0. The van der Waals surface area contributed by atoms with E-state index in [0.717, 1.165) is 68.0 Å². The summed E-state index contributed by atoms with van der Waals surface area (Å²) in [6.07, 6.45) is 9.26. The van der Waals surface area contributed by atoms with Gasteiger partial charge in [0.25, 0.3) is 5.91 Å². The van der Waals surface area contributed by atoms with Gasteiger partial charge in [-0.2, -0.15) is 0 Å². The molecule has 8 nitrogen and oxygen atoms in total. The minimum Gasteiger partial charge on any atom is -0.381 e. The van der Waals surface area contributed by atoms with E-state index in [1.165, 1.54) is 11.3 Å². The molecule has 1 aliphatic carbocycles. The number of carbonyl (C=O) groups is 1. The molecule has 0 unspecified atom stereocenters. The van der Waals surface area contributed by atoms with E-state index in [-0.39, 0.29) is 5.91 Å². The molecule has 30 heavy (non-hydrogen) atoms. The molecule has 0 aromatic carbocycles. The number of aryl methyl sites for hydroxylation is 2. The summed E-state index contributed by atoms with van der Waals surface area (Å²) in [5.41, 5.74) is 5.65. The Morgan fingerprint density at radius 1 is 1.23 bits per heavy atom. The van der Waals surface area contributed by atoms with Gasteiger partial charge in [-0.1, -0.05) is 0 Å². The quantitative estimate of drug-likeness (QED) is 0.699. The van der Waals surface area contributed by atoms with Crippen LogP contribution in [0.2, 0.25) is 0 Å². The molecule has 8 heteroatoms. The van der Waals surface area contributed by atoms with Crippen molar-refractivity contribution in [1.29, 1.82) is 0 Å². The third kappa shape index (κ3) is 3.67. The summed E-state index contributed by atoms with van der Waals surface area (Å²) in [5, 5.41) is 2.96. The molecule has 1 amide bonds. The molecule has 4 heterocycles. The van der Waals surface area contributed by atoms with E-state index in [9.17, 15) is 4.79 Å². The first-order valence-corrected chi connectivity index (χ1v) is 10.7. The Labute approximate surface area is 175 Å². The number of nitrogens with one attached hydrogen (secondary N) is 1. The average Bonchev–Trinajstić information content (AvgIpc) is 3.41. The fraction of sp³-hybridized carbons (Fsp3) is 0.500. The first-order chi connectivity index (χ1) is 14.7. The summed E-state index contributed by atoms with van der Waals surface area (Å²) < 4.78 is 7.55. The minimum atomic E-state index is -0.150. The highest BCUT2D eigenvalue weighted by Gasteiger charge is 2.20. The fourth-order valence-electron chi connectivity index (χ4n) is 4.46. The van der Waals surface area contributed by atoms with Crippen LogP contribution in [-0.2, 0) is 24.0 Å². The van der Waals surface area contributed by atoms with E-state index < -0.39 is 0 Å². The molecule has 3 aromatic rings. The van der Waals surface area contributed by atoms with Gasteiger partial charge >= 0.3 is 0 Å². The van der Waals surface area contributed by atoms with Crippen molar-refractivity contribution in [2.45, 2.75) is 51.5 Å². The van der Waals surface area contributed by atoms with Gasteiger partial charge in [0.2, 0.25) is 0 Å². The van der Waals surface area contributed by atoms with E-state index in [1.807, 2.05) is 19.3 Å². The summed E-state index contributed by atoms with van der Waals surface area (Å²) in [5.74, 6) is 0.653. The van der Waals surface area contributed by atoms with Crippen LogP contribution in [0.1, 0.15) is 58.4 Å². The molecule has 1 N–H and O–H groups in total. The number of hydrogen-bond acceptors (Lipinski definition) is 6. The molecule has 1 fully saturated rings. The van der Waals surface area contributed by atoms with Crippen LogP contribution in [0.4, 0.5) is 0 Å². The third-order valence-electron chi connectivity index (χ3n) is 6.08. The van der Waals surface area contributed by atoms with E-state index in [4.69, 9.17) is 4.74 Å². The van der Waals surface area contributed by atoms with Gasteiger partial charge in [-0.15, -0.1) is 0 Å². The highest BCUT2D eigenvalue weighted by Crippen LogP contribution is 2.25. The van der Waals surface area contributed by atoms with Crippen LogP contribution in [0, 0.1) is 6.92 Å². The van der Waals surface area contributed by atoms with Crippen LogP contribution in [0.15, 0.2) is 18.6 Å². The highest BCUT2D eigenvalue weighted by molar-refractivity contribution is 5.96. The second kappa shape index (κ2) is 8.10. The van der Waals surface area contributed by atoms with Crippen molar-refractivity contribution in [2.75, 3.05) is 19.8 Å². The van der Waals surface area contributed by atoms with Crippen LogP contribution < -0.4 is 5.32 Å². The number of rotatable bonds is 5. The van der Waals surface area contributed by atoms with Crippen molar-refractivity contribution in [3.05, 3.63) is 46.9 Å². The third-order valence-corrected chi connectivity index (χ3v) is 6.08. The monoisotopic (exact) mass is 406 g/mol. The number of nitrogens with zero attached hydrogens (tertiary/aromatic N) is 5. The first kappa shape index (κ1) is 19.1. The Morgan fingerprint density at radius 2 is 2.10 bits per heavy atom.